The van der Waals surface area contributed by atoms with E-state index in [1.54, 1.807) is 11.3 Å². The zero-order chi connectivity index (χ0) is 18.8. The van der Waals surface area contributed by atoms with E-state index in [0.717, 1.165) is 44.0 Å². The minimum absolute atomic E-state index is 0.0176. The number of nitrogens with zero attached hydrogens (tertiary/aromatic N) is 1. The van der Waals surface area contributed by atoms with E-state index in [-0.39, 0.29) is 11.9 Å². The van der Waals surface area contributed by atoms with Crippen LogP contribution in [0.2, 0.25) is 0 Å². The number of halogens is 1. The number of nitrogens with one attached hydrogen (secondary N) is 1. The number of hydrogen-bond donors (Lipinski definition) is 1. The lowest BCUT2D eigenvalue weighted by molar-refractivity contribution is -0.121. The Kier molecular flexibility index (Phi) is 5.27. The molecular formula is C21H19BrN2O2S. The summed E-state index contributed by atoms with van der Waals surface area (Å²) in [6, 6.07) is 13.9. The molecule has 0 spiro atoms. The Bertz CT molecular complexity index is 969. The lowest BCUT2D eigenvalue weighted by Crippen LogP contribution is -2.33. The van der Waals surface area contributed by atoms with E-state index in [9.17, 15) is 4.79 Å². The first-order valence-electron chi connectivity index (χ1n) is 8.81. The van der Waals surface area contributed by atoms with Crippen LogP contribution in [0.25, 0.3) is 11.3 Å². The van der Waals surface area contributed by atoms with E-state index in [0.29, 0.717) is 13.0 Å². The molecule has 1 amide bonds. The molecule has 3 aromatic rings. The smallest absolute Gasteiger partial charge is 0.224 e. The fraction of sp³-hybridized carbons (Fsp3) is 0.238. The molecule has 27 heavy (non-hydrogen) atoms. The second kappa shape index (κ2) is 7.82. The molecule has 1 atom stereocenters. The topological polar surface area (TPSA) is 51.2 Å². The summed E-state index contributed by atoms with van der Waals surface area (Å²) in [5, 5.41) is 6.26. The van der Waals surface area contributed by atoms with Crippen LogP contribution in [0.1, 0.15) is 28.6 Å². The van der Waals surface area contributed by atoms with Crippen LogP contribution in [0.4, 0.5) is 0 Å². The van der Waals surface area contributed by atoms with Crippen LogP contribution in [0.15, 0.2) is 52.3 Å². The molecule has 1 unspecified atom stereocenters. The number of thiazole rings is 1. The van der Waals surface area contributed by atoms with Gasteiger partial charge in [-0.2, -0.15) is 0 Å². The van der Waals surface area contributed by atoms with Gasteiger partial charge in [0.2, 0.25) is 5.91 Å². The largest absolute Gasteiger partial charge is 0.493 e. The minimum Gasteiger partial charge on any atom is -0.493 e. The Morgan fingerprint density at radius 2 is 2.11 bits per heavy atom. The summed E-state index contributed by atoms with van der Waals surface area (Å²) < 4.78 is 6.67. The fourth-order valence-electron chi connectivity index (χ4n) is 3.24. The Morgan fingerprint density at radius 3 is 2.85 bits per heavy atom. The molecule has 0 aliphatic carbocycles. The monoisotopic (exact) mass is 442 g/mol. The van der Waals surface area contributed by atoms with Gasteiger partial charge < -0.3 is 10.1 Å². The van der Waals surface area contributed by atoms with Crippen molar-refractivity contribution in [3.8, 4) is 17.0 Å². The summed E-state index contributed by atoms with van der Waals surface area (Å²) in [5.74, 6) is 0.864. The maximum Gasteiger partial charge on any atom is 0.224 e. The van der Waals surface area contributed by atoms with Crippen molar-refractivity contribution in [3.63, 3.8) is 0 Å². The summed E-state index contributed by atoms with van der Waals surface area (Å²) in [6.45, 7) is 2.61. The first kappa shape index (κ1) is 18.2. The van der Waals surface area contributed by atoms with Crippen molar-refractivity contribution in [2.45, 2.75) is 25.8 Å². The molecule has 1 N–H and O–H groups in total. The lowest BCUT2D eigenvalue weighted by Gasteiger charge is -2.27. The number of fused-ring (bicyclic) bond motifs is 1. The number of benzene rings is 2. The first-order chi connectivity index (χ1) is 13.1. The van der Waals surface area contributed by atoms with Gasteiger partial charge in [-0.05, 0) is 30.7 Å². The van der Waals surface area contributed by atoms with Gasteiger partial charge in [0.05, 0.1) is 29.8 Å². The Labute approximate surface area is 170 Å². The maximum atomic E-state index is 12.6. The number of hydrogen-bond acceptors (Lipinski definition) is 4. The normalized spacial score (nSPS) is 15.7. The van der Waals surface area contributed by atoms with Crippen LogP contribution < -0.4 is 10.1 Å². The SMILES string of the molecule is Cc1nc(-c2ccc(CC(=O)NC3CCOc4ccc(Br)cc43)cc2)cs1. The van der Waals surface area contributed by atoms with Crippen LogP contribution in [0.3, 0.4) is 0 Å². The van der Waals surface area contributed by atoms with E-state index in [1.807, 2.05) is 49.4 Å². The van der Waals surface area contributed by atoms with Crippen LogP contribution >= 0.6 is 27.3 Å². The third-order valence-corrected chi connectivity index (χ3v) is 5.85. The molecule has 0 bridgehead atoms. The second-order valence-electron chi connectivity index (χ2n) is 6.56. The molecule has 138 valence electrons. The van der Waals surface area contributed by atoms with Crippen molar-refractivity contribution in [2.24, 2.45) is 0 Å². The molecule has 2 heterocycles. The van der Waals surface area contributed by atoms with Crippen molar-refractivity contribution >= 4 is 33.2 Å². The molecule has 2 aromatic carbocycles. The van der Waals surface area contributed by atoms with Gasteiger partial charge >= 0.3 is 0 Å². The average Bonchev–Trinajstić information content (AvgIpc) is 3.09. The second-order valence-corrected chi connectivity index (χ2v) is 8.54. The van der Waals surface area contributed by atoms with E-state index in [1.165, 1.54) is 0 Å². The predicted molar refractivity (Wildman–Crippen MR) is 111 cm³/mol. The number of aromatic nitrogens is 1. The van der Waals surface area contributed by atoms with Gasteiger partial charge in [-0.25, -0.2) is 4.98 Å². The molecule has 0 saturated heterocycles. The predicted octanol–water partition coefficient (Wildman–Crippen LogP) is 5.06. The number of rotatable bonds is 4. The number of aryl methyl sites for hydroxylation is 1. The van der Waals surface area contributed by atoms with Gasteiger partial charge in [-0.1, -0.05) is 40.2 Å². The van der Waals surface area contributed by atoms with Crippen molar-refractivity contribution < 1.29 is 9.53 Å². The maximum absolute atomic E-state index is 12.6. The first-order valence-corrected chi connectivity index (χ1v) is 10.5. The Morgan fingerprint density at radius 1 is 1.30 bits per heavy atom. The van der Waals surface area contributed by atoms with Crippen molar-refractivity contribution in [2.75, 3.05) is 6.61 Å². The molecule has 4 nitrogen and oxygen atoms in total. The molecule has 0 saturated carbocycles. The third-order valence-electron chi connectivity index (χ3n) is 4.58. The summed E-state index contributed by atoms with van der Waals surface area (Å²) in [5.41, 5.74) is 4.08. The number of amides is 1. The van der Waals surface area contributed by atoms with Crippen molar-refractivity contribution in [1.29, 1.82) is 0 Å². The van der Waals surface area contributed by atoms with E-state index in [2.05, 4.69) is 31.6 Å². The van der Waals surface area contributed by atoms with Gasteiger partial charge in [0.1, 0.15) is 5.75 Å². The average molecular weight is 443 g/mol. The molecule has 1 aromatic heterocycles. The molecule has 1 aliphatic rings. The highest BCUT2D eigenvalue weighted by molar-refractivity contribution is 9.10. The number of carbonyl (C=O) groups is 1. The molecule has 4 rings (SSSR count). The van der Waals surface area contributed by atoms with Gasteiger partial charge in [0, 0.05) is 27.4 Å². The Hall–Kier alpha value is -2.18. The lowest BCUT2D eigenvalue weighted by atomic mass is 10.00. The van der Waals surface area contributed by atoms with Crippen molar-refractivity contribution in [3.05, 3.63) is 68.5 Å². The van der Waals surface area contributed by atoms with Crippen LogP contribution in [-0.4, -0.2) is 17.5 Å². The van der Waals surface area contributed by atoms with Gasteiger partial charge in [0.25, 0.3) is 0 Å². The summed E-state index contributed by atoms with van der Waals surface area (Å²) in [4.78, 5) is 17.1. The summed E-state index contributed by atoms with van der Waals surface area (Å²) in [6.07, 6.45) is 1.13. The standard InChI is InChI=1S/C21H19BrN2O2S/c1-13-23-19(12-27-13)15-4-2-14(3-5-15)10-21(25)24-18-8-9-26-20-7-6-16(22)11-17(18)20/h2-7,11-12,18H,8-10H2,1H3,(H,24,25). The van der Waals surface area contributed by atoms with Gasteiger partial charge in [-0.15, -0.1) is 11.3 Å². The summed E-state index contributed by atoms with van der Waals surface area (Å²) in [7, 11) is 0. The zero-order valence-corrected chi connectivity index (χ0v) is 17.3. The fourth-order valence-corrected chi connectivity index (χ4v) is 4.24. The highest BCUT2D eigenvalue weighted by Gasteiger charge is 2.23. The third kappa shape index (κ3) is 4.22. The highest BCUT2D eigenvalue weighted by atomic mass is 79.9. The van der Waals surface area contributed by atoms with Gasteiger partial charge in [-0.3, -0.25) is 4.79 Å². The van der Waals surface area contributed by atoms with Crippen LogP contribution in [0, 0.1) is 6.92 Å². The summed E-state index contributed by atoms with van der Waals surface area (Å²) >= 11 is 5.13. The quantitative estimate of drug-likeness (QED) is 0.613. The van der Waals surface area contributed by atoms with Gasteiger partial charge in [0.15, 0.2) is 0 Å². The zero-order valence-electron chi connectivity index (χ0n) is 14.9. The van der Waals surface area contributed by atoms with E-state index < -0.39 is 0 Å². The molecule has 6 heteroatoms. The minimum atomic E-state index is -0.0176. The van der Waals surface area contributed by atoms with Crippen molar-refractivity contribution in [1.82, 2.24) is 10.3 Å². The molecule has 0 radical (unpaired) electrons. The van der Waals surface area contributed by atoms with Crippen LogP contribution in [0.5, 0.6) is 5.75 Å². The Balaban J connectivity index is 1.42. The van der Waals surface area contributed by atoms with E-state index >= 15 is 0 Å². The highest BCUT2D eigenvalue weighted by Crippen LogP contribution is 2.34. The molecule has 0 fully saturated rings. The van der Waals surface area contributed by atoms with E-state index in [4.69, 9.17) is 4.74 Å². The number of carbonyl (C=O) groups excluding carboxylic acids is 1. The molecule has 1 aliphatic heterocycles. The number of ether oxygens (including phenoxy) is 1. The van der Waals surface area contributed by atoms with Crippen LogP contribution in [-0.2, 0) is 11.2 Å². The molecular weight excluding hydrogens is 424 g/mol.